The van der Waals surface area contributed by atoms with Crippen molar-refractivity contribution in [3.63, 3.8) is 0 Å². The Hall–Kier alpha value is -3.05. The Labute approximate surface area is 177 Å². The van der Waals surface area contributed by atoms with Crippen molar-refractivity contribution in [3.8, 4) is 17.2 Å². The summed E-state index contributed by atoms with van der Waals surface area (Å²) < 4.78 is 18.2. The van der Waals surface area contributed by atoms with Crippen LogP contribution in [0, 0.1) is 6.92 Å². The summed E-state index contributed by atoms with van der Waals surface area (Å²) in [5, 5.41) is 0. The van der Waals surface area contributed by atoms with E-state index in [0.29, 0.717) is 29.4 Å². The van der Waals surface area contributed by atoms with Gasteiger partial charge in [-0.05, 0) is 48.4 Å². The largest absolute Gasteiger partial charge is 0.496 e. The van der Waals surface area contributed by atoms with Gasteiger partial charge in [-0.25, -0.2) is 0 Å². The lowest BCUT2D eigenvalue weighted by molar-refractivity contribution is 0.101. The molecule has 0 bridgehead atoms. The summed E-state index contributed by atoms with van der Waals surface area (Å²) in [6, 6.07) is 19.1. The van der Waals surface area contributed by atoms with Gasteiger partial charge in [0.2, 0.25) is 5.78 Å². The molecule has 0 fully saturated rings. The molecule has 0 N–H and O–H groups in total. The number of hydrogen-bond donors (Lipinski definition) is 0. The van der Waals surface area contributed by atoms with Crippen molar-refractivity contribution in [3.05, 3.63) is 93.1 Å². The minimum atomic E-state index is -0.136. The predicted octanol–water partition coefficient (Wildman–Crippen LogP) is 5.96. The third-order valence-electron chi connectivity index (χ3n) is 4.69. The van der Waals surface area contributed by atoms with Gasteiger partial charge in [0, 0.05) is 16.1 Å². The number of aryl methyl sites for hydroxylation is 1. The molecule has 0 saturated heterocycles. The Kier molecular flexibility index (Phi) is 5.41. The molecule has 1 aliphatic rings. The van der Waals surface area contributed by atoms with Gasteiger partial charge >= 0.3 is 0 Å². The molecule has 0 atom stereocenters. The number of ether oxygens (including phenoxy) is 3. The molecule has 146 valence electrons. The van der Waals surface area contributed by atoms with Crippen LogP contribution in [-0.2, 0) is 6.61 Å². The van der Waals surface area contributed by atoms with E-state index in [-0.39, 0.29) is 11.5 Å². The van der Waals surface area contributed by atoms with E-state index in [1.807, 2.05) is 61.5 Å². The lowest BCUT2D eigenvalue weighted by Crippen LogP contribution is -2.00. The third kappa shape index (κ3) is 4.05. The topological polar surface area (TPSA) is 44.8 Å². The standard InChI is InChI=1S/C24H19BrO4/c1-15-11-19(28-14-16-7-9-18(25)10-8-16)13-21-23(15)24(26)22(29-21)12-17-5-3-4-6-20(17)27-2/h3-13H,14H2,1-2H3/b22-12-. The van der Waals surface area contributed by atoms with Gasteiger partial charge in [0.1, 0.15) is 23.9 Å². The van der Waals surface area contributed by atoms with Crippen LogP contribution >= 0.6 is 15.9 Å². The smallest absolute Gasteiger partial charge is 0.232 e. The van der Waals surface area contributed by atoms with E-state index in [9.17, 15) is 4.79 Å². The van der Waals surface area contributed by atoms with Crippen LogP contribution in [0.2, 0.25) is 0 Å². The predicted molar refractivity (Wildman–Crippen MR) is 116 cm³/mol. The number of rotatable bonds is 5. The highest BCUT2D eigenvalue weighted by atomic mass is 79.9. The van der Waals surface area contributed by atoms with E-state index < -0.39 is 0 Å². The maximum Gasteiger partial charge on any atom is 0.232 e. The van der Waals surface area contributed by atoms with Crippen LogP contribution in [0.15, 0.2) is 70.9 Å². The number of benzene rings is 3. The number of ketones is 1. The third-order valence-corrected chi connectivity index (χ3v) is 5.22. The summed E-state index contributed by atoms with van der Waals surface area (Å²) in [6.07, 6.45) is 1.71. The Balaban J connectivity index is 1.58. The molecule has 3 aromatic carbocycles. The second-order valence-corrected chi connectivity index (χ2v) is 7.63. The van der Waals surface area contributed by atoms with Gasteiger partial charge in [0.25, 0.3) is 0 Å². The molecule has 1 heterocycles. The normalized spacial score (nSPS) is 13.9. The summed E-state index contributed by atoms with van der Waals surface area (Å²) >= 11 is 3.43. The average Bonchev–Trinajstić information content (AvgIpc) is 3.03. The molecule has 0 spiro atoms. The van der Waals surface area contributed by atoms with Crippen LogP contribution < -0.4 is 14.2 Å². The van der Waals surface area contributed by atoms with Gasteiger partial charge < -0.3 is 14.2 Å². The van der Waals surface area contributed by atoms with Crippen molar-refractivity contribution in [2.24, 2.45) is 0 Å². The molecular weight excluding hydrogens is 432 g/mol. The lowest BCUT2D eigenvalue weighted by Gasteiger charge is -2.09. The summed E-state index contributed by atoms with van der Waals surface area (Å²) in [5.74, 6) is 2.00. The highest BCUT2D eigenvalue weighted by Crippen LogP contribution is 2.38. The van der Waals surface area contributed by atoms with Gasteiger partial charge in [0.05, 0.1) is 12.7 Å². The van der Waals surface area contributed by atoms with Crippen molar-refractivity contribution in [2.45, 2.75) is 13.5 Å². The van der Waals surface area contributed by atoms with Crippen molar-refractivity contribution >= 4 is 27.8 Å². The van der Waals surface area contributed by atoms with Crippen LogP contribution in [0.25, 0.3) is 6.08 Å². The number of carbonyl (C=O) groups is 1. The highest BCUT2D eigenvalue weighted by molar-refractivity contribution is 9.10. The number of hydrogen-bond acceptors (Lipinski definition) is 4. The molecule has 4 rings (SSSR count). The first-order valence-corrected chi connectivity index (χ1v) is 9.93. The molecule has 0 radical (unpaired) electrons. The van der Waals surface area contributed by atoms with Crippen LogP contribution in [-0.4, -0.2) is 12.9 Å². The zero-order valence-corrected chi connectivity index (χ0v) is 17.7. The summed E-state index contributed by atoms with van der Waals surface area (Å²) in [6.45, 7) is 2.32. The molecule has 0 aliphatic carbocycles. The average molecular weight is 451 g/mol. The van der Waals surface area contributed by atoms with Gasteiger partial charge in [-0.15, -0.1) is 0 Å². The maximum atomic E-state index is 12.9. The van der Waals surface area contributed by atoms with E-state index in [0.717, 1.165) is 21.2 Å². The minimum absolute atomic E-state index is 0.136. The fourth-order valence-electron chi connectivity index (χ4n) is 3.23. The zero-order chi connectivity index (χ0) is 20.4. The fraction of sp³-hybridized carbons (Fsp3) is 0.125. The molecule has 0 unspecified atom stereocenters. The molecule has 29 heavy (non-hydrogen) atoms. The molecule has 0 amide bonds. The quantitative estimate of drug-likeness (QED) is 0.449. The van der Waals surface area contributed by atoms with Gasteiger partial charge in [-0.2, -0.15) is 0 Å². The first-order chi connectivity index (χ1) is 14.0. The van der Waals surface area contributed by atoms with Crippen molar-refractivity contribution in [1.29, 1.82) is 0 Å². The number of methoxy groups -OCH3 is 1. The molecular formula is C24H19BrO4. The van der Waals surface area contributed by atoms with Crippen molar-refractivity contribution in [2.75, 3.05) is 7.11 Å². The first kappa shape index (κ1) is 19.3. The number of para-hydroxylation sites is 1. The molecule has 1 aliphatic heterocycles. The summed E-state index contributed by atoms with van der Waals surface area (Å²) in [5.41, 5.74) is 3.24. The van der Waals surface area contributed by atoms with E-state index in [4.69, 9.17) is 14.2 Å². The molecule has 0 aromatic heterocycles. The van der Waals surface area contributed by atoms with Gasteiger partial charge in [0.15, 0.2) is 5.76 Å². The summed E-state index contributed by atoms with van der Waals surface area (Å²) in [7, 11) is 1.60. The van der Waals surface area contributed by atoms with E-state index in [1.165, 1.54) is 0 Å². The number of allylic oxidation sites excluding steroid dienone is 1. The van der Waals surface area contributed by atoms with Crippen LogP contribution in [0.1, 0.15) is 27.0 Å². The number of halogens is 1. The monoisotopic (exact) mass is 450 g/mol. The maximum absolute atomic E-state index is 12.9. The number of carbonyl (C=O) groups excluding carboxylic acids is 1. The Morgan fingerprint density at radius 2 is 1.83 bits per heavy atom. The highest BCUT2D eigenvalue weighted by Gasteiger charge is 2.30. The Morgan fingerprint density at radius 1 is 1.07 bits per heavy atom. The molecule has 5 heteroatoms. The zero-order valence-electron chi connectivity index (χ0n) is 16.1. The van der Waals surface area contributed by atoms with Gasteiger partial charge in [-0.3, -0.25) is 4.79 Å². The van der Waals surface area contributed by atoms with Gasteiger partial charge in [-0.1, -0.05) is 46.3 Å². The first-order valence-electron chi connectivity index (χ1n) is 9.14. The second kappa shape index (κ2) is 8.13. The second-order valence-electron chi connectivity index (χ2n) is 6.71. The van der Waals surface area contributed by atoms with Crippen LogP contribution in [0.5, 0.6) is 17.2 Å². The fourth-order valence-corrected chi connectivity index (χ4v) is 3.50. The van der Waals surface area contributed by atoms with Crippen LogP contribution in [0.3, 0.4) is 0 Å². The van der Waals surface area contributed by atoms with E-state index >= 15 is 0 Å². The van der Waals surface area contributed by atoms with E-state index in [1.54, 1.807) is 19.3 Å². The molecule has 3 aromatic rings. The summed E-state index contributed by atoms with van der Waals surface area (Å²) in [4.78, 5) is 12.9. The Morgan fingerprint density at radius 3 is 2.59 bits per heavy atom. The van der Waals surface area contributed by atoms with E-state index in [2.05, 4.69) is 15.9 Å². The number of fused-ring (bicyclic) bond motifs is 1. The molecule has 0 saturated carbocycles. The number of Topliss-reactive ketones (excluding diaryl/α,β-unsaturated/α-hetero) is 1. The SMILES string of the molecule is COc1ccccc1/C=C1\Oc2cc(OCc3ccc(Br)cc3)cc(C)c2C1=O. The lowest BCUT2D eigenvalue weighted by atomic mass is 10.0. The van der Waals surface area contributed by atoms with Crippen LogP contribution in [0.4, 0.5) is 0 Å². The Bertz CT molecular complexity index is 1100. The van der Waals surface area contributed by atoms with Crippen molar-refractivity contribution in [1.82, 2.24) is 0 Å². The van der Waals surface area contributed by atoms with Crippen molar-refractivity contribution < 1.29 is 19.0 Å². The molecule has 4 nitrogen and oxygen atoms in total. The minimum Gasteiger partial charge on any atom is -0.496 e.